The van der Waals surface area contributed by atoms with E-state index in [9.17, 15) is 14.8 Å². The molecular weight excluding hydrogens is 406 g/mol. The third kappa shape index (κ3) is 9.92. The fraction of sp³-hybridized carbons (Fsp3) is 0.480. The van der Waals surface area contributed by atoms with Gasteiger partial charge >= 0.3 is 0 Å². The molecule has 0 aliphatic heterocycles. The van der Waals surface area contributed by atoms with Crippen molar-refractivity contribution >= 4 is 11.8 Å². The lowest BCUT2D eigenvalue weighted by atomic mass is 10.1. The number of amides is 2. The number of rotatable bonds is 15. The van der Waals surface area contributed by atoms with Crippen molar-refractivity contribution in [3.63, 3.8) is 0 Å². The Morgan fingerprint density at radius 2 is 1.69 bits per heavy atom. The number of unbranched alkanes of at least 4 members (excludes halogenated alkanes) is 7. The van der Waals surface area contributed by atoms with Gasteiger partial charge in [-0.3, -0.25) is 19.8 Å². The Hall–Kier alpha value is -2.93. The zero-order chi connectivity index (χ0) is 23.0. The average Bonchev–Trinajstić information content (AvgIpc) is 2.83. The second-order valence-electron chi connectivity index (χ2n) is 7.85. The lowest BCUT2D eigenvalue weighted by molar-refractivity contribution is -0.123. The third-order valence-electron chi connectivity index (χ3n) is 5.14. The number of hydrogen-bond acceptors (Lipinski definition) is 5. The Bertz CT molecular complexity index is 797. The molecule has 0 fully saturated rings. The highest BCUT2D eigenvalue weighted by atomic mass is 16.5. The summed E-state index contributed by atoms with van der Waals surface area (Å²) >= 11 is 0. The molecule has 0 atom stereocenters. The van der Waals surface area contributed by atoms with Crippen LogP contribution in [0.4, 0.5) is 0 Å². The van der Waals surface area contributed by atoms with E-state index in [0.717, 1.165) is 29.9 Å². The van der Waals surface area contributed by atoms with Crippen LogP contribution in [0.5, 0.6) is 5.75 Å². The molecule has 7 heteroatoms. The smallest absolute Gasteiger partial charge is 0.277 e. The summed E-state index contributed by atoms with van der Waals surface area (Å²) in [5.74, 6) is -0.208. The summed E-state index contributed by atoms with van der Waals surface area (Å²) in [4.78, 5) is 28.3. The molecule has 0 spiro atoms. The molecule has 0 bridgehead atoms. The molecule has 0 saturated heterocycles. The van der Waals surface area contributed by atoms with Crippen molar-refractivity contribution in [2.45, 2.75) is 64.8 Å². The van der Waals surface area contributed by atoms with Crippen LogP contribution in [0.15, 0.2) is 48.8 Å². The van der Waals surface area contributed by atoms with Crippen LogP contribution in [0.25, 0.3) is 0 Å². The van der Waals surface area contributed by atoms with Crippen LogP contribution in [0, 0.1) is 0 Å². The van der Waals surface area contributed by atoms with Crippen molar-refractivity contribution in [2.24, 2.45) is 0 Å². The number of carbonyl (C=O) groups is 2. The topological polar surface area (TPSA) is 91.8 Å². The van der Waals surface area contributed by atoms with Gasteiger partial charge in [0.15, 0.2) is 6.61 Å². The first kappa shape index (κ1) is 25.3. The standard InChI is InChI=1S/C25H35N3O4/c1-2-3-4-5-6-7-8-9-17-28(31)25(30)22-12-14-23(15-13-22)32-20-24(29)27-19-21-11-10-16-26-18-21/h10-16,18,31H,2-9,17,19-20H2,1H3,(H,27,29). The number of nitrogens with zero attached hydrogens (tertiary/aromatic N) is 2. The zero-order valence-electron chi connectivity index (χ0n) is 19.0. The summed E-state index contributed by atoms with van der Waals surface area (Å²) in [7, 11) is 0. The minimum atomic E-state index is -0.436. The number of nitrogens with one attached hydrogen (secondary N) is 1. The third-order valence-corrected chi connectivity index (χ3v) is 5.14. The van der Waals surface area contributed by atoms with Crippen LogP contribution in [0.2, 0.25) is 0 Å². The van der Waals surface area contributed by atoms with Crippen molar-refractivity contribution in [3.05, 3.63) is 59.9 Å². The van der Waals surface area contributed by atoms with Crippen LogP contribution in [-0.2, 0) is 11.3 Å². The van der Waals surface area contributed by atoms with Gasteiger partial charge in [0.1, 0.15) is 5.75 Å². The SMILES string of the molecule is CCCCCCCCCCN(O)C(=O)c1ccc(OCC(=O)NCc2cccnc2)cc1. The van der Waals surface area contributed by atoms with Gasteiger partial charge in [-0.05, 0) is 42.3 Å². The average molecular weight is 442 g/mol. The molecule has 7 nitrogen and oxygen atoms in total. The first-order chi connectivity index (χ1) is 15.6. The van der Waals surface area contributed by atoms with E-state index in [1.54, 1.807) is 36.7 Å². The second-order valence-corrected chi connectivity index (χ2v) is 7.85. The zero-order valence-corrected chi connectivity index (χ0v) is 19.0. The van der Waals surface area contributed by atoms with E-state index in [0.29, 0.717) is 24.4 Å². The van der Waals surface area contributed by atoms with Crippen LogP contribution in [0.1, 0.15) is 74.2 Å². The van der Waals surface area contributed by atoms with Crippen molar-refractivity contribution in [2.75, 3.05) is 13.2 Å². The minimum Gasteiger partial charge on any atom is -0.484 e. The van der Waals surface area contributed by atoms with Crippen molar-refractivity contribution in [3.8, 4) is 5.75 Å². The molecule has 32 heavy (non-hydrogen) atoms. The van der Waals surface area contributed by atoms with Gasteiger partial charge in [0, 0.05) is 31.0 Å². The lowest BCUT2D eigenvalue weighted by Gasteiger charge is -2.15. The Morgan fingerprint density at radius 1 is 1.00 bits per heavy atom. The van der Waals surface area contributed by atoms with Crippen LogP contribution in [-0.4, -0.2) is 40.2 Å². The molecule has 2 rings (SSSR count). The van der Waals surface area contributed by atoms with E-state index in [1.165, 1.54) is 32.1 Å². The summed E-state index contributed by atoms with van der Waals surface area (Å²) in [5, 5.41) is 13.6. The molecule has 174 valence electrons. The summed E-state index contributed by atoms with van der Waals surface area (Å²) in [6, 6.07) is 10.1. The van der Waals surface area contributed by atoms with Gasteiger partial charge in [-0.1, -0.05) is 57.9 Å². The van der Waals surface area contributed by atoms with Crippen LogP contribution < -0.4 is 10.1 Å². The molecule has 0 radical (unpaired) electrons. The molecule has 2 amide bonds. The van der Waals surface area contributed by atoms with E-state index >= 15 is 0 Å². The second kappa shape index (κ2) is 15.0. The van der Waals surface area contributed by atoms with Gasteiger partial charge < -0.3 is 10.1 Å². The number of aromatic nitrogens is 1. The Morgan fingerprint density at radius 3 is 2.34 bits per heavy atom. The number of ether oxygens (including phenoxy) is 1. The minimum absolute atomic E-state index is 0.127. The van der Waals surface area contributed by atoms with E-state index in [4.69, 9.17) is 4.74 Å². The molecule has 1 heterocycles. The molecule has 0 aliphatic rings. The highest BCUT2D eigenvalue weighted by Crippen LogP contribution is 2.14. The first-order valence-electron chi connectivity index (χ1n) is 11.5. The van der Waals surface area contributed by atoms with Gasteiger partial charge in [0.05, 0.1) is 0 Å². The molecule has 1 aromatic carbocycles. The Labute approximate surface area is 190 Å². The van der Waals surface area contributed by atoms with Gasteiger partial charge in [0.2, 0.25) is 0 Å². The predicted molar refractivity (Wildman–Crippen MR) is 123 cm³/mol. The normalized spacial score (nSPS) is 10.6. The quantitative estimate of drug-likeness (QED) is 0.236. The molecule has 1 aromatic heterocycles. The summed E-state index contributed by atoms with van der Waals surface area (Å²) in [5.41, 5.74) is 1.28. The Balaban J connectivity index is 1.64. The highest BCUT2D eigenvalue weighted by Gasteiger charge is 2.13. The maximum absolute atomic E-state index is 12.3. The molecule has 0 unspecified atom stereocenters. The van der Waals surface area contributed by atoms with E-state index in [2.05, 4.69) is 17.2 Å². The van der Waals surface area contributed by atoms with Gasteiger partial charge in [-0.15, -0.1) is 0 Å². The van der Waals surface area contributed by atoms with E-state index in [-0.39, 0.29) is 12.5 Å². The van der Waals surface area contributed by atoms with Gasteiger partial charge in [-0.2, -0.15) is 0 Å². The van der Waals surface area contributed by atoms with E-state index in [1.807, 2.05) is 12.1 Å². The van der Waals surface area contributed by atoms with Gasteiger partial charge in [0.25, 0.3) is 11.8 Å². The maximum atomic E-state index is 12.3. The first-order valence-corrected chi connectivity index (χ1v) is 11.5. The number of benzene rings is 1. The van der Waals surface area contributed by atoms with Crippen molar-refractivity contribution < 1.29 is 19.5 Å². The lowest BCUT2D eigenvalue weighted by Crippen LogP contribution is -2.29. The molecule has 0 saturated carbocycles. The molecule has 2 aromatic rings. The predicted octanol–water partition coefficient (Wildman–Crippen LogP) is 4.75. The molecule has 2 N–H and O–H groups in total. The highest BCUT2D eigenvalue weighted by molar-refractivity contribution is 5.93. The molecular formula is C25H35N3O4. The molecule has 0 aliphatic carbocycles. The fourth-order valence-corrected chi connectivity index (χ4v) is 3.24. The summed E-state index contributed by atoms with van der Waals surface area (Å²) in [6.07, 6.45) is 12.6. The monoisotopic (exact) mass is 441 g/mol. The largest absolute Gasteiger partial charge is 0.484 e. The number of hydrogen-bond donors (Lipinski definition) is 2. The summed E-state index contributed by atoms with van der Waals surface area (Å²) in [6.45, 7) is 2.79. The van der Waals surface area contributed by atoms with Crippen LogP contribution in [0.3, 0.4) is 0 Å². The maximum Gasteiger partial charge on any atom is 0.277 e. The van der Waals surface area contributed by atoms with Crippen molar-refractivity contribution in [1.82, 2.24) is 15.4 Å². The Kier molecular flexibility index (Phi) is 11.8. The number of pyridine rings is 1. The van der Waals surface area contributed by atoms with Crippen LogP contribution >= 0.6 is 0 Å². The number of hydroxylamine groups is 2. The summed E-state index contributed by atoms with van der Waals surface area (Å²) < 4.78 is 5.46. The fourth-order valence-electron chi connectivity index (χ4n) is 3.24. The van der Waals surface area contributed by atoms with Crippen molar-refractivity contribution in [1.29, 1.82) is 0 Å². The number of carbonyl (C=O) groups excluding carboxylic acids is 2. The van der Waals surface area contributed by atoms with E-state index < -0.39 is 5.91 Å². The van der Waals surface area contributed by atoms with Gasteiger partial charge in [-0.25, -0.2) is 5.06 Å².